The fourth-order valence-electron chi connectivity index (χ4n) is 2.00. The Bertz CT molecular complexity index is 505. The molecule has 0 saturated heterocycles. The lowest BCUT2D eigenvalue weighted by atomic mass is 10.2. The summed E-state index contributed by atoms with van der Waals surface area (Å²) in [5, 5.41) is 9.04. The number of ether oxygens (including phenoxy) is 1. The van der Waals surface area contributed by atoms with E-state index in [1.54, 1.807) is 0 Å². The summed E-state index contributed by atoms with van der Waals surface area (Å²) in [5.74, 6) is 0.978. The Morgan fingerprint density at radius 2 is 2.40 bits per heavy atom. The van der Waals surface area contributed by atoms with E-state index in [9.17, 15) is 0 Å². The molecule has 78 valence electrons. The number of aromatic nitrogens is 2. The molecule has 0 saturated carbocycles. The zero-order valence-electron chi connectivity index (χ0n) is 8.31. The largest absolute Gasteiger partial charge is 0.392 e. The van der Waals surface area contributed by atoms with E-state index in [4.69, 9.17) is 9.84 Å². The van der Waals surface area contributed by atoms with Crippen LogP contribution in [0.5, 0.6) is 0 Å². The monoisotopic (exact) mass is 204 g/mol. The van der Waals surface area contributed by atoms with Gasteiger partial charge in [-0.3, -0.25) is 0 Å². The van der Waals surface area contributed by atoms with Crippen molar-refractivity contribution >= 4 is 11.0 Å². The molecule has 0 radical (unpaired) electrons. The van der Waals surface area contributed by atoms with Crippen molar-refractivity contribution in [3.8, 4) is 0 Å². The summed E-state index contributed by atoms with van der Waals surface area (Å²) in [6.07, 6.45) is 0. The molecule has 1 aromatic carbocycles. The van der Waals surface area contributed by atoms with Gasteiger partial charge in [-0.05, 0) is 17.7 Å². The van der Waals surface area contributed by atoms with Crippen LogP contribution in [-0.2, 0) is 24.5 Å². The summed E-state index contributed by atoms with van der Waals surface area (Å²) in [5.41, 5.74) is 2.98. The quantitative estimate of drug-likeness (QED) is 0.755. The minimum atomic E-state index is 0.0641. The number of nitrogens with zero attached hydrogens (tertiary/aromatic N) is 2. The lowest BCUT2D eigenvalue weighted by Gasteiger charge is -2.14. The normalized spacial score (nSPS) is 15.5. The number of aliphatic hydroxyl groups is 1. The van der Waals surface area contributed by atoms with Crippen LogP contribution in [0.1, 0.15) is 11.4 Å². The Balaban J connectivity index is 2.22. The van der Waals surface area contributed by atoms with Gasteiger partial charge in [-0.15, -0.1) is 0 Å². The van der Waals surface area contributed by atoms with E-state index in [2.05, 4.69) is 9.55 Å². The third-order valence-electron chi connectivity index (χ3n) is 2.76. The second kappa shape index (κ2) is 3.32. The van der Waals surface area contributed by atoms with Gasteiger partial charge in [-0.2, -0.15) is 0 Å². The van der Waals surface area contributed by atoms with Crippen LogP contribution in [0.2, 0.25) is 0 Å². The van der Waals surface area contributed by atoms with E-state index in [1.807, 2.05) is 18.2 Å². The van der Waals surface area contributed by atoms with E-state index in [0.717, 1.165) is 35.6 Å². The summed E-state index contributed by atoms with van der Waals surface area (Å²) >= 11 is 0. The molecule has 1 aromatic heterocycles. The Morgan fingerprint density at radius 3 is 3.27 bits per heavy atom. The van der Waals surface area contributed by atoms with Crippen molar-refractivity contribution in [3.63, 3.8) is 0 Å². The highest BCUT2D eigenvalue weighted by Gasteiger charge is 2.14. The molecule has 0 unspecified atom stereocenters. The second-order valence-electron chi connectivity index (χ2n) is 3.71. The maximum Gasteiger partial charge on any atom is 0.136 e. The third-order valence-corrected chi connectivity index (χ3v) is 2.76. The van der Waals surface area contributed by atoms with Crippen LogP contribution >= 0.6 is 0 Å². The number of rotatable bonds is 1. The van der Waals surface area contributed by atoms with Crippen molar-refractivity contribution in [3.05, 3.63) is 29.6 Å². The molecule has 0 atom stereocenters. The summed E-state index contributed by atoms with van der Waals surface area (Å²) in [4.78, 5) is 4.49. The molecule has 15 heavy (non-hydrogen) atoms. The maximum absolute atomic E-state index is 9.04. The van der Waals surface area contributed by atoms with Gasteiger partial charge in [0.25, 0.3) is 0 Å². The van der Waals surface area contributed by atoms with Crippen LogP contribution < -0.4 is 0 Å². The molecule has 1 N–H and O–H groups in total. The molecule has 0 bridgehead atoms. The first-order valence-corrected chi connectivity index (χ1v) is 5.05. The van der Waals surface area contributed by atoms with Crippen LogP contribution in [0.25, 0.3) is 11.0 Å². The van der Waals surface area contributed by atoms with Crippen LogP contribution in [-0.4, -0.2) is 21.3 Å². The minimum absolute atomic E-state index is 0.0641. The van der Waals surface area contributed by atoms with Gasteiger partial charge < -0.3 is 14.4 Å². The highest BCUT2D eigenvalue weighted by atomic mass is 16.5. The first-order chi connectivity index (χ1) is 7.38. The predicted octanol–water partition coefficient (Wildman–Crippen LogP) is 1.06. The molecular formula is C11H12N2O2. The number of fused-ring (bicyclic) bond motifs is 3. The van der Waals surface area contributed by atoms with Crippen LogP contribution in [0.3, 0.4) is 0 Å². The van der Waals surface area contributed by atoms with Gasteiger partial charge in [0.15, 0.2) is 0 Å². The highest BCUT2D eigenvalue weighted by molar-refractivity contribution is 5.77. The molecule has 4 nitrogen and oxygen atoms in total. The molecule has 0 fully saturated rings. The van der Waals surface area contributed by atoms with Crippen molar-refractivity contribution in [2.75, 3.05) is 6.61 Å². The van der Waals surface area contributed by atoms with E-state index < -0.39 is 0 Å². The smallest absolute Gasteiger partial charge is 0.136 e. The van der Waals surface area contributed by atoms with Crippen molar-refractivity contribution in [2.45, 2.75) is 19.8 Å². The average Bonchev–Trinajstić information content (AvgIpc) is 2.66. The zero-order chi connectivity index (χ0) is 10.3. The number of hydrogen-bond donors (Lipinski definition) is 1. The van der Waals surface area contributed by atoms with Crippen molar-refractivity contribution in [1.82, 2.24) is 9.55 Å². The molecule has 3 rings (SSSR count). The number of aliphatic hydroxyl groups excluding tert-OH is 1. The van der Waals surface area contributed by atoms with Gasteiger partial charge in [0, 0.05) is 6.54 Å². The Kier molecular flexibility index (Phi) is 1.97. The summed E-state index contributed by atoms with van der Waals surface area (Å²) in [6.45, 7) is 2.27. The van der Waals surface area contributed by atoms with Crippen molar-refractivity contribution in [1.29, 1.82) is 0 Å². The second-order valence-corrected chi connectivity index (χ2v) is 3.71. The van der Waals surface area contributed by atoms with Gasteiger partial charge in [0.05, 0.1) is 24.2 Å². The van der Waals surface area contributed by atoms with Crippen LogP contribution in [0.4, 0.5) is 0 Å². The van der Waals surface area contributed by atoms with Gasteiger partial charge in [0.1, 0.15) is 12.4 Å². The molecule has 1 aliphatic heterocycles. The summed E-state index contributed by atoms with van der Waals surface area (Å²) in [6, 6.07) is 5.89. The van der Waals surface area contributed by atoms with Crippen molar-refractivity contribution < 1.29 is 9.84 Å². The van der Waals surface area contributed by atoms with Crippen molar-refractivity contribution in [2.24, 2.45) is 0 Å². The molecule has 2 heterocycles. The zero-order valence-corrected chi connectivity index (χ0v) is 8.31. The molecule has 1 aliphatic rings. The third kappa shape index (κ3) is 1.33. The standard InChI is InChI=1S/C11H12N2O2/c14-6-8-1-2-10-9(5-8)12-11-7-15-4-3-13(10)11/h1-2,5,14H,3-4,6-7H2. The first-order valence-electron chi connectivity index (χ1n) is 5.05. The van der Waals surface area contributed by atoms with E-state index in [-0.39, 0.29) is 6.61 Å². The van der Waals surface area contributed by atoms with Gasteiger partial charge in [-0.25, -0.2) is 4.98 Å². The fraction of sp³-hybridized carbons (Fsp3) is 0.364. The molecule has 4 heteroatoms. The Labute approximate surface area is 87.1 Å². The Hall–Kier alpha value is -1.39. The maximum atomic E-state index is 9.04. The first kappa shape index (κ1) is 8.88. The molecule has 2 aromatic rings. The van der Waals surface area contributed by atoms with Gasteiger partial charge >= 0.3 is 0 Å². The number of hydrogen-bond acceptors (Lipinski definition) is 3. The number of benzene rings is 1. The summed E-state index contributed by atoms with van der Waals surface area (Å²) in [7, 11) is 0. The predicted molar refractivity (Wildman–Crippen MR) is 55.3 cm³/mol. The highest BCUT2D eigenvalue weighted by Crippen LogP contribution is 2.20. The van der Waals surface area contributed by atoms with Crippen LogP contribution in [0, 0.1) is 0 Å². The molecule has 0 amide bonds. The Morgan fingerprint density at radius 1 is 1.47 bits per heavy atom. The molecular weight excluding hydrogens is 192 g/mol. The lowest BCUT2D eigenvalue weighted by molar-refractivity contribution is 0.0830. The lowest BCUT2D eigenvalue weighted by Crippen LogP contribution is -2.16. The van der Waals surface area contributed by atoms with Crippen LogP contribution in [0.15, 0.2) is 18.2 Å². The van der Waals surface area contributed by atoms with E-state index in [0.29, 0.717) is 6.61 Å². The summed E-state index contributed by atoms with van der Waals surface area (Å²) < 4.78 is 7.53. The molecule has 0 aliphatic carbocycles. The van der Waals surface area contributed by atoms with E-state index in [1.165, 1.54) is 0 Å². The topological polar surface area (TPSA) is 47.3 Å². The van der Waals surface area contributed by atoms with Gasteiger partial charge in [0.2, 0.25) is 0 Å². The number of imidazole rings is 1. The minimum Gasteiger partial charge on any atom is -0.392 e. The SMILES string of the molecule is OCc1ccc2c(c1)nc1n2CCOC1. The fourth-order valence-corrected chi connectivity index (χ4v) is 2.00. The van der Waals surface area contributed by atoms with E-state index >= 15 is 0 Å². The molecule has 0 spiro atoms. The average molecular weight is 204 g/mol. The van der Waals surface area contributed by atoms with Gasteiger partial charge in [-0.1, -0.05) is 6.07 Å².